The molecule has 2 aromatic rings. The van der Waals surface area contributed by atoms with Crippen molar-refractivity contribution >= 4 is 0 Å². The van der Waals surface area contributed by atoms with Crippen molar-refractivity contribution in [2.24, 2.45) is 0 Å². The van der Waals surface area contributed by atoms with Crippen molar-refractivity contribution in [2.75, 3.05) is 0 Å². The highest BCUT2D eigenvalue weighted by Gasteiger charge is 2.07. The molecule has 1 atom stereocenters. The molecule has 0 radical (unpaired) electrons. The molecular formula is C13H16N2O2. The molecule has 0 amide bonds. The van der Waals surface area contributed by atoms with Crippen LogP contribution < -0.4 is 5.32 Å². The number of benzene rings is 1. The van der Waals surface area contributed by atoms with Crippen molar-refractivity contribution in [3.05, 3.63) is 47.7 Å². The van der Waals surface area contributed by atoms with Crippen LogP contribution in [-0.4, -0.2) is 10.1 Å². The highest BCUT2D eigenvalue weighted by Crippen LogP contribution is 2.18. The van der Waals surface area contributed by atoms with Crippen LogP contribution in [0.1, 0.15) is 30.2 Å². The minimum Gasteiger partial charge on any atom is -0.508 e. The normalized spacial score (nSPS) is 12.6. The summed E-state index contributed by atoms with van der Waals surface area (Å²) in [4.78, 5) is 4.12. The standard InChI is InChI=1S/C13H16N2O2/c1-9-7-15-13(17-9)8-14-10(2)11-4-3-5-12(16)6-11/h3-7,10,14,16H,8H2,1-2H3. The largest absolute Gasteiger partial charge is 0.508 e. The van der Waals surface area contributed by atoms with E-state index in [0.717, 1.165) is 11.3 Å². The molecule has 0 fully saturated rings. The number of aryl methyl sites for hydroxylation is 1. The fourth-order valence-corrected chi connectivity index (χ4v) is 1.64. The van der Waals surface area contributed by atoms with Gasteiger partial charge >= 0.3 is 0 Å². The van der Waals surface area contributed by atoms with Crippen molar-refractivity contribution < 1.29 is 9.52 Å². The molecule has 2 rings (SSSR count). The first kappa shape index (κ1) is 11.7. The Kier molecular flexibility index (Phi) is 3.44. The van der Waals surface area contributed by atoms with E-state index in [1.54, 1.807) is 18.3 Å². The molecule has 0 spiro atoms. The van der Waals surface area contributed by atoms with Crippen LogP contribution in [0.4, 0.5) is 0 Å². The maximum Gasteiger partial charge on any atom is 0.208 e. The first-order valence-corrected chi connectivity index (χ1v) is 5.59. The number of rotatable bonds is 4. The lowest BCUT2D eigenvalue weighted by atomic mass is 10.1. The van der Waals surface area contributed by atoms with E-state index < -0.39 is 0 Å². The number of phenols is 1. The van der Waals surface area contributed by atoms with E-state index in [0.29, 0.717) is 12.4 Å². The Bertz CT molecular complexity index is 494. The number of nitrogens with zero attached hydrogens (tertiary/aromatic N) is 1. The third-order valence-electron chi connectivity index (χ3n) is 2.60. The Morgan fingerprint density at radius 2 is 2.29 bits per heavy atom. The third kappa shape index (κ3) is 3.07. The van der Waals surface area contributed by atoms with Gasteiger partial charge < -0.3 is 14.8 Å². The summed E-state index contributed by atoms with van der Waals surface area (Å²) < 4.78 is 5.37. The lowest BCUT2D eigenvalue weighted by Gasteiger charge is -2.12. The number of phenolic OH excluding ortho intramolecular Hbond substituents is 1. The van der Waals surface area contributed by atoms with Crippen LogP contribution in [0.3, 0.4) is 0 Å². The van der Waals surface area contributed by atoms with E-state index >= 15 is 0 Å². The van der Waals surface area contributed by atoms with Gasteiger partial charge in [-0.1, -0.05) is 12.1 Å². The second-order valence-corrected chi connectivity index (χ2v) is 4.06. The molecule has 1 aromatic carbocycles. The fraction of sp³-hybridized carbons (Fsp3) is 0.308. The van der Waals surface area contributed by atoms with Gasteiger partial charge in [0.2, 0.25) is 5.89 Å². The third-order valence-corrected chi connectivity index (χ3v) is 2.60. The van der Waals surface area contributed by atoms with Crippen LogP contribution in [0.5, 0.6) is 5.75 Å². The maximum absolute atomic E-state index is 9.39. The molecule has 0 saturated carbocycles. The Morgan fingerprint density at radius 3 is 2.94 bits per heavy atom. The average molecular weight is 232 g/mol. The van der Waals surface area contributed by atoms with E-state index in [1.165, 1.54) is 0 Å². The molecule has 0 saturated heterocycles. The molecule has 4 heteroatoms. The van der Waals surface area contributed by atoms with Gasteiger partial charge in [-0.2, -0.15) is 0 Å². The molecule has 1 unspecified atom stereocenters. The van der Waals surface area contributed by atoms with Gasteiger partial charge in [-0.25, -0.2) is 4.98 Å². The zero-order valence-corrected chi connectivity index (χ0v) is 9.97. The summed E-state index contributed by atoms with van der Waals surface area (Å²) in [7, 11) is 0. The summed E-state index contributed by atoms with van der Waals surface area (Å²) in [5.74, 6) is 1.77. The van der Waals surface area contributed by atoms with Crippen molar-refractivity contribution in [3.63, 3.8) is 0 Å². The van der Waals surface area contributed by atoms with Crippen LogP contribution in [0, 0.1) is 6.92 Å². The van der Waals surface area contributed by atoms with E-state index in [-0.39, 0.29) is 11.8 Å². The topological polar surface area (TPSA) is 58.3 Å². The summed E-state index contributed by atoms with van der Waals surface area (Å²) in [6, 6.07) is 7.34. The predicted octanol–water partition coefficient (Wildman–Crippen LogP) is 2.54. The predicted molar refractivity (Wildman–Crippen MR) is 64.6 cm³/mol. The van der Waals surface area contributed by atoms with E-state index in [2.05, 4.69) is 10.3 Å². The smallest absolute Gasteiger partial charge is 0.208 e. The molecular weight excluding hydrogens is 216 g/mol. The molecule has 4 nitrogen and oxygen atoms in total. The van der Waals surface area contributed by atoms with Gasteiger partial charge in [-0.05, 0) is 31.5 Å². The number of hydrogen-bond acceptors (Lipinski definition) is 4. The molecule has 2 N–H and O–H groups in total. The Hall–Kier alpha value is -1.81. The number of oxazole rings is 1. The first-order chi connectivity index (χ1) is 8.15. The minimum absolute atomic E-state index is 0.134. The van der Waals surface area contributed by atoms with Crippen LogP contribution in [-0.2, 0) is 6.54 Å². The average Bonchev–Trinajstić information content (AvgIpc) is 2.72. The van der Waals surface area contributed by atoms with Crippen LogP contribution in [0.2, 0.25) is 0 Å². The molecule has 1 aromatic heterocycles. The Balaban J connectivity index is 1.95. The molecule has 1 heterocycles. The molecule has 0 bridgehead atoms. The van der Waals surface area contributed by atoms with Crippen molar-refractivity contribution in [2.45, 2.75) is 26.4 Å². The summed E-state index contributed by atoms with van der Waals surface area (Å²) in [6.45, 7) is 4.48. The summed E-state index contributed by atoms with van der Waals surface area (Å²) in [5, 5.41) is 12.7. The van der Waals surface area contributed by atoms with Gasteiger partial charge in [0, 0.05) is 6.04 Å². The zero-order chi connectivity index (χ0) is 12.3. The van der Waals surface area contributed by atoms with Crippen LogP contribution in [0.15, 0.2) is 34.9 Å². The summed E-state index contributed by atoms with van der Waals surface area (Å²) in [6.07, 6.45) is 1.70. The number of aromatic hydroxyl groups is 1. The molecule has 0 aliphatic rings. The van der Waals surface area contributed by atoms with Gasteiger partial charge in [-0.15, -0.1) is 0 Å². The van der Waals surface area contributed by atoms with Gasteiger partial charge in [0.1, 0.15) is 11.5 Å². The SMILES string of the molecule is Cc1cnc(CNC(C)c2cccc(O)c2)o1. The monoisotopic (exact) mass is 232 g/mol. The lowest BCUT2D eigenvalue weighted by molar-refractivity contribution is 0.431. The van der Waals surface area contributed by atoms with E-state index in [1.807, 2.05) is 26.0 Å². The van der Waals surface area contributed by atoms with Crippen molar-refractivity contribution in [1.29, 1.82) is 0 Å². The van der Waals surface area contributed by atoms with E-state index in [4.69, 9.17) is 4.42 Å². The quantitative estimate of drug-likeness (QED) is 0.850. The number of hydrogen-bond donors (Lipinski definition) is 2. The van der Waals surface area contributed by atoms with Gasteiger partial charge in [0.05, 0.1) is 12.7 Å². The van der Waals surface area contributed by atoms with Gasteiger partial charge in [-0.3, -0.25) is 0 Å². The molecule has 0 aliphatic carbocycles. The Morgan fingerprint density at radius 1 is 1.47 bits per heavy atom. The number of nitrogens with one attached hydrogen (secondary N) is 1. The first-order valence-electron chi connectivity index (χ1n) is 5.59. The van der Waals surface area contributed by atoms with E-state index in [9.17, 15) is 5.11 Å². The molecule has 17 heavy (non-hydrogen) atoms. The fourth-order valence-electron chi connectivity index (χ4n) is 1.64. The summed E-state index contributed by atoms with van der Waals surface area (Å²) >= 11 is 0. The van der Waals surface area contributed by atoms with Gasteiger partial charge in [0.25, 0.3) is 0 Å². The maximum atomic E-state index is 9.39. The Labute approximate surface area is 100 Å². The highest BCUT2D eigenvalue weighted by molar-refractivity contribution is 5.28. The molecule has 90 valence electrons. The highest BCUT2D eigenvalue weighted by atomic mass is 16.4. The van der Waals surface area contributed by atoms with Gasteiger partial charge in [0.15, 0.2) is 0 Å². The second-order valence-electron chi connectivity index (χ2n) is 4.06. The van der Waals surface area contributed by atoms with Crippen LogP contribution in [0.25, 0.3) is 0 Å². The van der Waals surface area contributed by atoms with Crippen molar-refractivity contribution in [1.82, 2.24) is 10.3 Å². The lowest BCUT2D eigenvalue weighted by Crippen LogP contribution is -2.18. The molecule has 0 aliphatic heterocycles. The van der Waals surface area contributed by atoms with Crippen molar-refractivity contribution in [3.8, 4) is 5.75 Å². The number of aromatic nitrogens is 1. The second kappa shape index (κ2) is 5.01. The van der Waals surface area contributed by atoms with Crippen LogP contribution >= 0.6 is 0 Å². The zero-order valence-electron chi connectivity index (χ0n) is 9.97. The minimum atomic E-state index is 0.134. The summed E-state index contributed by atoms with van der Waals surface area (Å²) in [5.41, 5.74) is 1.04.